The molecule has 5 nitrogen and oxygen atoms in total. The summed E-state index contributed by atoms with van der Waals surface area (Å²) in [6.07, 6.45) is 4.48. The minimum absolute atomic E-state index is 0.218. The van der Waals surface area contributed by atoms with Crippen molar-refractivity contribution in [3.63, 3.8) is 0 Å². The van der Waals surface area contributed by atoms with Crippen LogP contribution in [0.2, 0.25) is 5.02 Å². The van der Waals surface area contributed by atoms with E-state index in [1.54, 1.807) is 23.0 Å². The molecule has 1 heterocycles. The van der Waals surface area contributed by atoms with E-state index < -0.39 is 5.97 Å². The van der Waals surface area contributed by atoms with E-state index in [-0.39, 0.29) is 5.56 Å². The number of carboxylic acid groups (broad SMARTS) is 1. The first-order valence-electron chi connectivity index (χ1n) is 5.80. The number of rotatable bonds is 5. The molecule has 0 radical (unpaired) electrons. The molecule has 0 aliphatic carbocycles. The van der Waals surface area contributed by atoms with E-state index in [0.29, 0.717) is 17.3 Å². The third-order valence-electron chi connectivity index (χ3n) is 2.70. The van der Waals surface area contributed by atoms with Crippen LogP contribution in [0, 0.1) is 0 Å². The van der Waals surface area contributed by atoms with Crippen molar-refractivity contribution in [2.24, 2.45) is 7.05 Å². The Kier molecular flexibility index (Phi) is 4.06. The van der Waals surface area contributed by atoms with Gasteiger partial charge in [0.15, 0.2) is 0 Å². The topological polar surface area (TPSA) is 67.2 Å². The van der Waals surface area contributed by atoms with E-state index in [1.165, 1.54) is 6.07 Å². The quantitative estimate of drug-likeness (QED) is 0.882. The number of aromatic carboxylic acids is 1. The van der Waals surface area contributed by atoms with Gasteiger partial charge in [-0.3, -0.25) is 4.68 Å². The molecule has 0 saturated heterocycles. The standard InChI is InChI=1S/C13H14ClN3O2/c1-17-8-9(7-16-17)4-5-15-12-6-10(14)2-3-11(12)13(18)19/h2-3,6-8,15H,4-5H2,1H3,(H,18,19). The number of anilines is 1. The molecule has 0 unspecified atom stereocenters. The van der Waals surface area contributed by atoms with Crippen molar-refractivity contribution in [2.45, 2.75) is 6.42 Å². The lowest BCUT2D eigenvalue weighted by Crippen LogP contribution is -2.09. The van der Waals surface area contributed by atoms with Gasteiger partial charge in [0.1, 0.15) is 0 Å². The van der Waals surface area contributed by atoms with Crippen LogP contribution in [0.15, 0.2) is 30.6 Å². The van der Waals surface area contributed by atoms with E-state index in [9.17, 15) is 4.79 Å². The van der Waals surface area contributed by atoms with E-state index in [2.05, 4.69) is 10.4 Å². The van der Waals surface area contributed by atoms with Gasteiger partial charge < -0.3 is 10.4 Å². The molecule has 1 aromatic carbocycles. The molecule has 100 valence electrons. The number of hydrogen-bond donors (Lipinski definition) is 2. The molecule has 1 aromatic heterocycles. The monoisotopic (exact) mass is 279 g/mol. The molecule has 6 heteroatoms. The molecule has 0 fully saturated rings. The van der Waals surface area contributed by atoms with Gasteiger partial charge in [-0.15, -0.1) is 0 Å². The Hall–Kier alpha value is -2.01. The Bertz CT molecular complexity index is 595. The highest BCUT2D eigenvalue weighted by molar-refractivity contribution is 6.31. The van der Waals surface area contributed by atoms with Crippen LogP contribution in [0.25, 0.3) is 0 Å². The van der Waals surface area contributed by atoms with Gasteiger partial charge >= 0.3 is 5.97 Å². The number of carbonyl (C=O) groups is 1. The first kappa shape index (κ1) is 13.4. The van der Waals surface area contributed by atoms with Crippen LogP contribution in [0.5, 0.6) is 0 Å². The highest BCUT2D eigenvalue weighted by Crippen LogP contribution is 2.21. The van der Waals surface area contributed by atoms with Gasteiger partial charge in [0, 0.05) is 24.8 Å². The number of nitrogens with one attached hydrogen (secondary N) is 1. The molecular weight excluding hydrogens is 266 g/mol. The second kappa shape index (κ2) is 5.75. The summed E-state index contributed by atoms with van der Waals surface area (Å²) in [6.45, 7) is 0.617. The van der Waals surface area contributed by atoms with Crippen molar-refractivity contribution in [1.82, 2.24) is 9.78 Å². The van der Waals surface area contributed by atoms with Crippen molar-refractivity contribution in [3.05, 3.63) is 46.7 Å². The van der Waals surface area contributed by atoms with E-state index in [1.807, 2.05) is 13.2 Å². The highest BCUT2D eigenvalue weighted by Gasteiger charge is 2.10. The van der Waals surface area contributed by atoms with Crippen LogP contribution in [0.4, 0.5) is 5.69 Å². The summed E-state index contributed by atoms with van der Waals surface area (Å²) < 4.78 is 1.73. The molecule has 0 bridgehead atoms. The molecular formula is C13H14ClN3O2. The number of carboxylic acids is 1. The SMILES string of the molecule is Cn1cc(CCNc2cc(Cl)ccc2C(=O)O)cn1. The van der Waals surface area contributed by atoms with Gasteiger partial charge in [-0.25, -0.2) is 4.79 Å². The molecule has 0 atom stereocenters. The average molecular weight is 280 g/mol. The van der Waals surface area contributed by atoms with Gasteiger partial charge in [0.2, 0.25) is 0 Å². The lowest BCUT2D eigenvalue weighted by molar-refractivity contribution is 0.0698. The van der Waals surface area contributed by atoms with Crippen molar-refractivity contribution in [3.8, 4) is 0 Å². The predicted octanol–water partition coefficient (Wildman–Crippen LogP) is 2.43. The molecule has 19 heavy (non-hydrogen) atoms. The fourth-order valence-electron chi connectivity index (χ4n) is 1.79. The smallest absolute Gasteiger partial charge is 0.337 e. The number of nitrogens with zero attached hydrogens (tertiary/aromatic N) is 2. The highest BCUT2D eigenvalue weighted by atomic mass is 35.5. The normalized spacial score (nSPS) is 10.4. The molecule has 0 amide bonds. The molecule has 0 aliphatic heterocycles. The second-order valence-electron chi connectivity index (χ2n) is 4.19. The Morgan fingerprint density at radius 1 is 1.53 bits per heavy atom. The first-order chi connectivity index (χ1) is 9.06. The van der Waals surface area contributed by atoms with Crippen LogP contribution in [-0.2, 0) is 13.5 Å². The molecule has 2 rings (SSSR count). The van der Waals surface area contributed by atoms with Crippen LogP contribution >= 0.6 is 11.6 Å². The second-order valence-corrected chi connectivity index (χ2v) is 4.63. The van der Waals surface area contributed by atoms with E-state index in [0.717, 1.165) is 12.0 Å². The Labute approximate surface area is 115 Å². The zero-order valence-electron chi connectivity index (χ0n) is 10.4. The fraction of sp³-hybridized carbons (Fsp3) is 0.231. The van der Waals surface area contributed by atoms with Crippen LogP contribution in [-0.4, -0.2) is 27.4 Å². The zero-order chi connectivity index (χ0) is 13.8. The molecule has 2 N–H and O–H groups in total. The summed E-state index contributed by atoms with van der Waals surface area (Å²) in [5, 5.41) is 16.8. The van der Waals surface area contributed by atoms with Crippen molar-refractivity contribution in [1.29, 1.82) is 0 Å². The maximum Gasteiger partial charge on any atom is 0.337 e. The van der Waals surface area contributed by atoms with Gasteiger partial charge in [0.25, 0.3) is 0 Å². The van der Waals surface area contributed by atoms with Crippen LogP contribution in [0.3, 0.4) is 0 Å². The lowest BCUT2D eigenvalue weighted by Gasteiger charge is -2.09. The zero-order valence-corrected chi connectivity index (χ0v) is 11.2. The van der Waals surface area contributed by atoms with Crippen LogP contribution in [0.1, 0.15) is 15.9 Å². The van der Waals surface area contributed by atoms with Crippen LogP contribution < -0.4 is 5.32 Å². The minimum atomic E-state index is -0.972. The maximum absolute atomic E-state index is 11.1. The number of benzene rings is 1. The molecule has 0 aliphatic rings. The van der Waals surface area contributed by atoms with Crippen molar-refractivity contribution < 1.29 is 9.90 Å². The Morgan fingerprint density at radius 2 is 2.32 bits per heavy atom. The predicted molar refractivity (Wildman–Crippen MR) is 73.8 cm³/mol. The maximum atomic E-state index is 11.1. The summed E-state index contributed by atoms with van der Waals surface area (Å²) in [4.78, 5) is 11.1. The third kappa shape index (κ3) is 3.48. The largest absolute Gasteiger partial charge is 0.478 e. The number of hydrogen-bond acceptors (Lipinski definition) is 3. The van der Waals surface area contributed by atoms with Gasteiger partial charge in [-0.05, 0) is 30.2 Å². The molecule has 0 saturated carbocycles. The first-order valence-corrected chi connectivity index (χ1v) is 6.18. The summed E-state index contributed by atoms with van der Waals surface area (Å²) in [5.41, 5.74) is 1.84. The summed E-state index contributed by atoms with van der Waals surface area (Å²) in [7, 11) is 1.86. The summed E-state index contributed by atoms with van der Waals surface area (Å²) in [6, 6.07) is 4.68. The Morgan fingerprint density at radius 3 is 2.95 bits per heavy atom. The number of aromatic nitrogens is 2. The lowest BCUT2D eigenvalue weighted by atomic mass is 10.1. The van der Waals surface area contributed by atoms with Gasteiger partial charge in [0.05, 0.1) is 17.4 Å². The van der Waals surface area contributed by atoms with Crippen molar-refractivity contribution >= 4 is 23.3 Å². The summed E-state index contributed by atoms with van der Waals surface area (Å²) in [5.74, 6) is -0.972. The molecule has 2 aromatic rings. The third-order valence-corrected chi connectivity index (χ3v) is 2.93. The average Bonchev–Trinajstić information content (AvgIpc) is 2.75. The minimum Gasteiger partial charge on any atom is -0.478 e. The molecule has 0 spiro atoms. The number of aryl methyl sites for hydroxylation is 1. The van der Waals surface area contributed by atoms with Gasteiger partial charge in [-0.2, -0.15) is 5.10 Å². The Balaban J connectivity index is 2.02. The van der Waals surface area contributed by atoms with E-state index in [4.69, 9.17) is 16.7 Å². The summed E-state index contributed by atoms with van der Waals surface area (Å²) >= 11 is 5.87. The van der Waals surface area contributed by atoms with Gasteiger partial charge in [-0.1, -0.05) is 11.6 Å². The number of halogens is 1. The van der Waals surface area contributed by atoms with Crippen molar-refractivity contribution in [2.75, 3.05) is 11.9 Å². The van der Waals surface area contributed by atoms with E-state index >= 15 is 0 Å². The fourth-order valence-corrected chi connectivity index (χ4v) is 1.96.